The van der Waals surface area contributed by atoms with Gasteiger partial charge in [-0.3, -0.25) is 0 Å². The number of carboxylic acids is 1. The first-order chi connectivity index (χ1) is 6.20. The fourth-order valence-corrected chi connectivity index (χ4v) is 3.46. The summed E-state index contributed by atoms with van der Waals surface area (Å²) >= 11 is 4.70. The maximum Gasteiger partial charge on any atom is 0.347 e. The van der Waals surface area contributed by atoms with E-state index in [2.05, 4.69) is 21.2 Å². The van der Waals surface area contributed by atoms with Gasteiger partial charge in [-0.1, -0.05) is 0 Å². The van der Waals surface area contributed by atoms with Gasteiger partial charge in [-0.25, -0.2) is 4.79 Å². The highest BCUT2D eigenvalue weighted by atomic mass is 79.9. The van der Waals surface area contributed by atoms with Crippen LogP contribution in [0, 0.1) is 0 Å². The number of nitrogens with one attached hydrogen (secondary N) is 1. The summed E-state index contributed by atoms with van der Waals surface area (Å²) in [4.78, 5) is 12.4. The lowest BCUT2D eigenvalue weighted by Crippen LogP contribution is -2.21. The summed E-state index contributed by atoms with van der Waals surface area (Å²) in [6.07, 6.45) is 0.916. The van der Waals surface area contributed by atoms with Crippen molar-refractivity contribution in [3.8, 4) is 0 Å². The number of carbonyl (C=O) groups is 1. The summed E-state index contributed by atoms with van der Waals surface area (Å²) in [5.41, 5.74) is 1.17. The van der Waals surface area contributed by atoms with Crippen LogP contribution in [-0.2, 0) is 13.0 Å². The van der Waals surface area contributed by atoms with Gasteiger partial charge in [-0.2, -0.15) is 0 Å². The van der Waals surface area contributed by atoms with E-state index in [1.54, 1.807) is 0 Å². The van der Waals surface area contributed by atoms with Crippen LogP contribution in [0.1, 0.15) is 20.1 Å². The fraction of sp³-hybridized carbons (Fsp3) is 0.375. The van der Waals surface area contributed by atoms with Crippen LogP contribution in [0.25, 0.3) is 0 Å². The number of thiophene rings is 1. The van der Waals surface area contributed by atoms with E-state index < -0.39 is 5.97 Å². The first-order valence-corrected chi connectivity index (χ1v) is 5.55. The van der Waals surface area contributed by atoms with Gasteiger partial charge in [0.2, 0.25) is 0 Å². The van der Waals surface area contributed by atoms with Crippen molar-refractivity contribution in [1.82, 2.24) is 5.32 Å². The van der Waals surface area contributed by atoms with Crippen LogP contribution in [0.4, 0.5) is 0 Å². The van der Waals surface area contributed by atoms with Gasteiger partial charge in [0.1, 0.15) is 4.88 Å². The SMILES string of the molecule is O=C(O)c1sc2c(c1Br)CCNC2. The number of aromatic carboxylic acids is 1. The largest absolute Gasteiger partial charge is 0.477 e. The monoisotopic (exact) mass is 261 g/mol. The Hall–Kier alpha value is -0.390. The third-order valence-corrected chi connectivity index (χ3v) is 4.42. The number of halogens is 1. The molecule has 1 aliphatic rings. The van der Waals surface area contributed by atoms with Crippen molar-refractivity contribution in [2.75, 3.05) is 6.54 Å². The molecule has 1 aromatic heterocycles. The summed E-state index contributed by atoms with van der Waals surface area (Å²) in [6.45, 7) is 1.73. The maximum absolute atomic E-state index is 10.8. The van der Waals surface area contributed by atoms with Crippen LogP contribution in [-0.4, -0.2) is 17.6 Å². The third-order valence-electron chi connectivity index (χ3n) is 2.06. The molecule has 0 saturated heterocycles. The van der Waals surface area contributed by atoms with Gasteiger partial charge in [-0.05, 0) is 34.5 Å². The van der Waals surface area contributed by atoms with E-state index in [1.165, 1.54) is 16.9 Å². The maximum atomic E-state index is 10.8. The second kappa shape index (κ2) is 3.40. The van der Waals surface area contributed by atoms with Crippen molar-refractivity contribution < 1.29 is 9.90 Å². The number of hydrogen-bond donors (Lipinski definition) is 2. The standard InChI is InChI=1S/C8H8BrNO2S/c9-6-4-1-2-10-3-5(4)13-7(6)8(11)12/h10H,1-3H2,(H,11,12). The minimum Gasteiger partial charge on any atom is -0.477 e. The van der Waals surface area contributed by atoms with Crippen molar-refractivity contribution in [2.24, 2.45) is 0 Å². The van der Waals surface area contributed by atoms with E-state index in [4.69, 9.17) is 5.11 Å². The smallest absolute Gasteiger partial charge is 0.347 e. The van der Waals surface area contributed by atoms with E-state index in [-0.39, 0.29) is 0 Å². The third kappa shape index (κ3) is 1.51. The predicted molar refractivity (Wildman–Crippen MR) is 54.4 cm³/mol. The highest BCUT2D eigenvalue weighted by Crippen LogP contribution is 2.34. The molecule has 0 amide bonds. The predicted octanol–water partition coefficient (Wildman–Crippen LogP) is 1.85. The highest BCUT2D eigenvalue weighted by Gasteiger charge is 2.21. The molecule has 0 radical (unpaired) electrons. The van der Waals surface area contributed by atoms with Crippen molar-refractivity contribution in [3.05, 3.63) is 19.8 Å². The van der Waals surface area contributed by atoms with Gasteiger partial charge >= 0.3 is 5.97 Å². The van der Waals surface area contributed by atoms with Crippen molar-refractivity contribution in [2.45, 2.75) is 13.0 Å². The molecule has 0 spiro atoms. The van der Waals surface area contributed by atoms with Gasteiger partial charge in [0, 0.05) is 15.9 Å². The second-order valence-corrected chi connectivity index (χ2v) is 4.78. The molecule has 0 aliphatic carbocycles. The van der Waals surface area contributed by atoms with Gasteiger partial charge < -0.3 is 10.4 Å². The Morgan fingerprint density at radius 1 is 1.62 bits per heavy atom. The Kier molecular flexibility index (Phi) is 2.40. The summed E-state index contributed by atoms with van der Waals surface area (Å²) in [6, 6.07) is 0. The van der Waals surface area contributed by atoms with Crippen molar-refractivity contribution >= 4 is 33.2 Å². The van der Waals surface area contributed by atoms with Crippen molar-refractivity contribution in [1.29, 1.82) is 0 Å². The summed E-state index contributed by atoms with van der Waals surface area (Å²) in [5, 5.41) is 12.1. The van der Waals surface area contributed by atoms with Crippen molar-refractivity contribution in [3.63, 3.8) is 0 Å². The lowest BCUT2D eigenvalue weighted by atomic mass is 10.1. The number of fused-ring (bicyclic) bond motifs is 1. The van der Waals surface area contributed by atoms with Gasteiger partial charge in [-0.15, -0.1) is 11.3 Å². The van der Waals surface area contributed by atoms with Crippen LogP contribution >= 0.6 is 27.3 Å². The van der Waals surface area contributed by atoms with E-state index in [1.807, 2.05) is 0 Å². The Labute approximate surface area is 87.9 Å². The molecule has 0 aromatic carbocycles. The highest BCUT2D eigenvalue weighted by molar-refractivity contribution is 9.10. The van der Waals surface area contributed by atoms with E-state index in [0.717, 1.165) is 28.9 Å². The average molecular weight is 262 g/mol. The molecule has 1 aromatic rings. The molecule has 1 aliphatic heterocycles. The molecule has 0 bridgehead atoms. The van der Waals surface area contributed by atoms with Crippen LogP contribution in [0.15, 0.2) is 4.47 Å². The molecular weight excluding hydrogens is 254 g/mol. The van der Waals surface area contributed by atoms with Crippen LogP contribution in [0.2, 0.25) is 0 Å². The van der Waals surface area contributed by atoms with E-state index in [9.17, 15) is 4.79 Å². The van der Waals surface area contributed by atoms with Crippen LogP contribution < -0.4 is 5.32 Å². The zero-order chi connectivity index (χ0) is 9.42. The lowest BCUT2D eigenvalue weighted by molar-refractivity contribution is 0.0701. The Morgan fingerprint density at radius 2 is 2.38 bits per heavy atom. The molecule has 70 valence electrons. The topological polar surface area (TPSA) is 49.3 Å². The zero-order valence-electron chi connectivity index (χ0n) is 6.76. The van der Waals surface area contributed by atoms with Gasteiger partial charge in [0.05, 0.1) is 0 Å². The quantitative estimate of drug-likeness (QED) is 0.812. The second-order valence-electron chi connectivity index (χ2n) is 2.88. The molecule has 2 rings (SSSR count). The molecule has 3 nitrogen and oxygen atoms in total. The Balaban J connectivity index is 2.50. The molecule has 0 fully saturated rings. The Bertz CT molecular complexity index is 361. The molecule has 2 heterocycles. The molecule has 0 unspecified atom stereocenters. The number of carboxylic acid groups (broad SMARTS) is 1. The van der Waals surface area contributed by atoms with Crippen LogP contribution in [0.5, 0.6) is 0 Å². The summed E-state index contributed by atoms with van der Waals surface area (Å²) in [7, 11) is 0. The fourth-order valence-electron chi connectivity index (χ4n) is 1.43. The van der Waals surface area contributed by atoms with Crippen LogP contribution in [0.3, 0.4) is 0 Å². The molecule has 13 heavy (non-hydrogen) atoms. The molecule has 5 heteroatoms. The number of hydrogen-bond acceptors (Lipinski definition) is 3. The zero-order valence-corrected chi connectivity index (χ0v) is 9.17. The minimum atomic E-state index is -0.841. The minimum absolute atomic E-state index is 0.425. The summed E-state index contributed by atoms with van der Waals surface area (Å²) in [5.74, 6) is -0.841. The van der Waals surface area contributed by atoms with E-state index >= 15 is 0 Å². The van der Waals surface area contributed by atoms with Gasteiger partial charge in [0.15, 0.2) is 0 Å². The lowest BCUT2D eigenvalue weighted by Gasteiger charge is -2.11. The van der Waals surface area contributed by atoms with Gasteiger partial charge in [0.25, 0.3) is 0 Å². The molecular formula is C8H8BrNO2S. The van der Waals surface area contributed by atoms with E-state index in [0.29, 0.717) is 4.88 Å². The Morgan fingerprint density at radius 3 is 3.00 bits per heavy atom. The first-order valence-electron chi connectivity index (χ1n) is 3.94. The normalized spacial score (nSPS) is 15.5. The number of rotatable bonds is 1. The summed E-state index contributed by atoms with van der Waals surface area (Å²) < 4.78 is 0.779. The average Bonchev–Trinajstić information content (AvgIpc) is 2.45. The molecule has 0 atom stereocenters. The molecule has 2 N–H and O–H groups in total. The molecule has 0 saturated carbocycles. The first kappa shape index (κ1) is 9.18.